The van der Waals surface area contributed by atoms with Gasteiger partial charge in [0.15, 0.2) is 0 Å². The lowest BCUT2D eigenvalue weighted by atomic mass is 11.9. The molecule has 0 aliphatic rings. The first-order valence-electron chi connectivity index (χ1n) is 1.41. The van der Waals surface area contributed by atoms with Crippen molar-refractivity contribution in [3.8, 4) is 0 Å². The first-order chi connectivity index (χ1) is 1.41. The summed E-state index contributed by atoms with van der Waals surface area (Å²) in [6.07, 6.45) is 0. The standard InChI is InChI=1S/CH3.ClH.Mg.H3Si/h1H3;1H;;1H3. The number of hydrogen-bond acceptors (Lipinski definition) is 0. The minimum absolute atomic E-state index is 0. The third-order valence-corrected chi connectivity index (χ3v) is 0. The molecule has 0 bridgehead atoms. The van der Waals surface area contributed by atoms with Crippen LogP contribution in [0.4, 0.5) is 0 Å². The summed E-state index contributed by atoms with van der Waals surface area (Å²) < 4.78 is 0. The van der Waals surface area contributed by atoms with Crippen molar-refractivity contribution in [3.05, 3.63) is 0 Å². The second kappa shape index (κ2) is 8.86. The lowest BCUT2D eigenvalue weighted by molar-refractivity contribution is 2.37. The molecule has 24 valence electrons. The van der Waals surface area contributed by atoms with Crippen molar-refractivity contribution in [1.29, 1.82) is 0 Å². The fourth-order valence-corrected chi connectivity index (χ4v) is 0. The highest BCUT2D eigenvalue weighted by Gasteiger charge is 1.54. The van der Waals surface area contributed by atoms with E-state index in [-0.39, 0.29) is 12.4 Å². The van der Waals surface area contributed by atoms with Gasteiger partial charge in [0.25, 0.3) is 0 Å². The molecule has 0 fully saturated rings. The minimum Gasteiger partial charge on any atom is -0.161 e. The van der Waals surface area contributed by atoms with E-state index in [9.17, 15) is 0 Å². The Morgan fingerprint density at radius 3 is 1.75 bits per heavy atom. The highest BCUT2D eigenvalue weighted by atomic mass is 35.5. The van der Waals surface area contributed by atoms with Crippen LogP contribution in [-0.2, 0) is 0 Å². The molecule has 4 heavy (non-hydrogen) atoms. The van der Waals surface area contributed by atoms with Crippen LogP contribution in [-0.4, -0.2) is 27.5 Å². The van der Waals surface area contributed by atoms with E-state index in [0.29, 0.717) is 19.6 Å². The molecule has 0 saturated heterocycles. The van der Waals surface area contributed by atoms with Gasteiger partial charge in [-0.1, -0.05) is 0 Å². The monoisotopic (exact) mass is 106 g/mol. The average molecular weight is 107 g/mol. The maximum atomic E-state index is 2.33. The minimum atomic E-state index is 0. The molecular formula is CH7ClMgSi. The van der Waals surface area contributed by atoms with Crippen LogP contribution in [0.15, 0.2) is 0 Å². The van der Waals surface area contributed by atoms with E-state index in [1.165, 1.54) is 7.89 Å². The molecule has 0 aliphatic heterocycles. The van der Waals surface area contributed by atoms with Crippen molar-refractivity contribution >= 4 is 39.9 Å². The topological polar surface area (TPSA) is 0 Å². The Morgan fingerprint density at radius 1 is 1.75 bits per heavy atom. The van der Waals surface area contributed by atoms with E-state index in [1.54, 1.807) is 0 Å². The predicted molar refractivity (Wildman–Crippen MR) is 28.8 cm³/mol. The number of hydrogen-bond donors (Lipinski definition) is 0. The second-order valence-electron chi connectivity index (χ2n) is 0.707. The van der Waals surface area contributed by atoms with Crippen LogP contribution in [0, 0.1) is 0 Å². The summed E-state index contributed by atoms with van der Waals surface area (Å²) in [6, 6.07) is 0. The summed E-state index contributed by atoms with van der Waals surface area (Å²) in [7, 11) is 1.51. The van der Waals surface area contributed by atoms with Gasteiger partial charge in [-0.25, -0.2) is 0 Å². The first kappa shape index (κ1) is 8.99. The summed E-state index contributed by atoms with van der Waals surface area (Å²) in [4.78, 5) is 0. The summed E-state index contributed by atoms with van der Waals surface area (Å²) in [6.45, 7) is 0. The van der Waals surface area contributed by atoms with Crippen LogP contribution < -0.4 is 0 Å². The smallest absolute Gasteiger partial charge is 0.161 e. The summed E-state index contributed by atoms with van der Waals surface area (Å²) >= 11 is 0.556. The highest BCUT2D eigenvalue weighted by molar-refractivity contribution is 6.88. The zero-order chi connectivity index (χ0) is 2.71. The molecule has 0 aromatic rings. The second-order valence-corrected chi connectivity index (χ2v) is 6.36. The zero-order valence-corrected chi connectivity index (χ0v) is 7.35. The average Bonchev–Trinajstić information content (AvgIpc) is 0.918. The molecule has 0 rings (SSSR count). The summed E-state index contributed by atoms with van der Waals surface area (Å²) in [5.41, 5.74) is 0. The lowest BCUT2D eigenvalue weighted by Gasteiger charge is -1.33. The van der Waals surface area contributed by atoms with E-state index in [1.807, 2.05) is 0 Å². The Kier molecular flexibility index (Phi) is 19.9. The van der Waals surface area contributed by atoms with E-state index in [0.717, 1.165) is 0 Å². The van der Waals surface area contributed by atoms with Crippen molar-refractivity contribution in [2.75, 3.05) is 0 Å². The van der Waals surface area contributed by atoms with Gasteiger partial charge in [-0.15, -0.1) is 20.3 Å². The summed E-state index contributed by atoms with van der Waals surface area (Å²) in [5.74, 6) is 0. The Hall–Kier alpha value is 1.27. The van der Waals surface area contributed by atoms with Crippen LogP contribution >= 0.6 is 12.4 Å². The molecule has 0 spiro atoms. The van der Waals surface area contributed by atoms with E-state index in [2.05, 4.69) is 5.05 Å². The number of halogens is 1. The molecule has 0 N–H and O–H groups in total. The van der Waals surface area contributed by atoms with Crippen LogP contribution in [0.2, 0.25) is 5.05 Å². The van der Waals surface area contributed by atoms with E-state index in [4.69, 9.17) is 0 Å². The lowest BCUT2D eigenvalue weighted by Crippen LogP contribution is -1.68. The summed E-state index contributed by atoms with van der Waals surface area (Å²) in [5, 5.41) is 2.33. The third-order valence-electron chi connectivity index (χ3n) is 0. The van der Waals surface area contributed by atoms with Gasteiger partial charge in [0.2, 0.25) is 0 Å². The Labute approximate surface area is 45.0 Å². The largest absolute Gasteiger partial charge is 0.345 e. The molecule has 0 heterocycles. The molecule has 0 saturated carbocycles. The fraction of sp³-hybridized carbons (Fsp3) is 1.00. The molecule has 0 radical (unpaired) electrons. The van der Waals surface area contributed by atoms with Gasteiger partial charge in [-0.3, -0.25) is 0 Å². The van der Waals surface area contributed by atoms with Gasteiger partial charge in [0, 0.05) is 0 Å². The maximum Gasteiger partial charge on any atom is 0.345 e. The predicted octanol–water partition coefficient (Wildman–Crippen LogP) is -0.559. The SMILES string of the molecule is Cl.[CH3][Mg][SiH3]. The van der Waals surface area contributed by atoms with Gasteiger partial charge >= 0.3 is 19.6 Å². The van der Waals surface area contributed by atoms with Crippen LogP contribution in [0.3, 0.4) is 0 Å². The van der Waals surface area contributed by atoms with Crippen molar-refractivity contribution in [2.24, 2.45) is 0 Å². The van der Waals surface area contributed by atoms with Gasteiger partial charge < -0.3 is 0 Å². The maximum absolute atomic E-state index is 2.33. The molecule has 0 aromatic heterocycles. The first-order valence-corrected chi connectivity index (χ1v) is 8.49. The quantitative estimate of drug-likeness (QED) is 0.364. The fourth-order valence-electron chi connectivity index (χ4n) is 0. The van der Waals surface area contributed by atoms with E-state index < -0.39 is 0 Å². The van der Waals surface area contributed by atoms with Gasteiger partial charge in [-0.2, -0.15) is 5.05 Å². The van der Waals surface area contributed by atoms with Crippen LogP contribution in [0.1, 0.15) is 0 Å². The van der Waals surface area contributed by atoms with Gasteiger partial charge in [0.05, 0.1) is 0 Å². The molecule has 0 aliphatic carbocycles. The van der Waals surface area contributed by atoms with E-state index >= 15 is 0 Å². The van der Waals surface area contributed by atoms with Crippen molar-refractivity contribution in [2.45, 2.75) is 5.05 Å². The number of rotatable bonds is 0. The molecule has 3 heteroatoms. The van der Waals surface area contributed by atoms with Crippen molar-refractivity contribution in [3.63, 3.8) is 0 Å². The van der Waals surface area contributed by atoms with Gasteiger partial charge in [0.1, 0.15) is 0 Å². The van der Waals surface area contributed by atoms with Crippen molar-refractivity contribution < 1.29 is 0 Å². The van der Waals surface area contributed by atoms with Gasteiger partial charge in [-0.05, 0) is 0 Å². The normalized spacial score (nSPS) is 3.25. The highest BCUT2D eigenvalue weighted by Crippen LogP contribution is 1.23. The molecular weight excluding hydrogens is 99.9 g/mol. The van der Waals surface area contributed by atoms with Crippen LogP contribution in [0.5, 0.6) is 0 Å². The molecule has 0 unspecified atom stereocenters. The zero-order valence-electron chi connectivity index (χ0n) is 3.12. The Balaban J connectivity index is 0. The Morgan fingerprint density at radius 2 is 1.75 bits per heavy atom. The molecule has 0 atom stereocenters. The van der Waals surface area contributed by atoms with Crippen LogP contribution in [0.25, 0.3) is 0 Å². The molecule has 0 nitrogen and oxygen atoms in total. The third kappa shape index (κ3) is 10.4. The van der Waals surface area contributed by atoms with Crippen molar-refractivity contribution in [1.82, 2.24) is 0 Å². The Bertz CT molecular complexity index is 8.00. The molecule has 0 aromatic carbocycles. The molecule has 0 amide bonds.